The zero-order valence-corrected chi connectivity index (χ0v) is 60.7. The fourth-order valence-corrected chi connectivity index (χ4v) is 16.7. The molecule has 3 aliphatic rings. The quantitative estimate of drug-likeness (QED) is 0.0110. The van der Waals surface area contributed by atoms with E-state index in [0.717, 1.165) is 83.5 Å². The van der Waals surface area contributed by atoms with Gasteiger partial charge < -0.3 is 4.74 Å². The molecule has 0 saturated heterocycles. The Bertz CT molecular complexity index is 3120. The van der Waals surface area contributed by atoms with E-state index in [9.17, 15) is 29.1 Å². The van der Waals surface area contributed by atoms with E-state index < -0.39 is 68.7 Å². The molecule has 19 heteroatoms. The average Bonchev–Trinajstić information content (AvgIpc) is 1.95. The third-order valence-electron chi connectivity index (χ3n) is 15.0. The number of phenolic OH excluding ortho intramolecular Hbond substituents is 3. The van der Waals surface area contributed by atoms with Crippen molar-refractivity contribution >= 4 is 137 Å². The Hall–Kier alpha value is -5.44. The van der Waals surface area contributed by atoms with Crippen molar-refractivity contribution in [3.8, 4) is 34.5 Å². The summed E-state index contributed by atoms with van der Waals surface area (Å²) in [5.41, 5.74) is -0.351. The van der Waals surface area contributed by atoms with E-state index in [1.807, 2.05) is 97.1 Å². The predicted molar refractivity (Wildman–Crippen MR) is 373 cm³/mol. The molecule has 0 amide bonds. The van der Waals surface area contributed by atoms with Gasteiger partial charge in [0.2, 0.25) is 5.24 Å². The van der Waals surface area contributed by atoms with Gasteiger partial charge in [0, 0.05) is 5.92 Å². The first-order chi connectivity index (χ1) is 43.1. The van der Waals surface area contributed by atoms with E-state index in [2.05, 4.69) is 27.4 Å². The summed E-state index contributed by atoms with van der Waals surface area (Å²) in [6.07, 6.45) is 15.3. The normalized spacial score (nSPS) is 14.3. The molecule has 0 bridgehead atoms. The molecule has 0 radical (unpaired) electrons. The number of carbonyl (C=O) groups excluding carboxylic acids is 5. The SMILES string of the molecule is C.C.C=C(C)C(=O)Oc1ccc([Te]c2ccc(OCC(=O)OC3(CC)CCCC3)cc2)cc1.CC(C)C(=O)Cl.CCC1(OC(=O)CCl)CCCC1.CCC1(OC(=O)COc2ccc([Te]c3ccc(O)cc3)cc2)CCCC1.Oc1ccc([Te]c2ccc(O)cc2)cc1. The van der Waals surface area contributed by atoms with E-state index in [0.29, 0.717) is 40.1 Å². The molecule has 3 fully saturated rings. The molecule has 0 atom stereocenters. The van der Waals surface area contributed by atoms with Crippen LogP contribution in [-0.4, -0.2) is 143 Å². The van der Waals surface area contributed by atoms with Crippen LogP contribution in [0.5, 0.6) is 34.5 Å². The first-order valence-corrected chi connectivity index (χ1v) is 38.2. The molecule has 6 aromatic carbocycles. The zero-order valence-electron chi connectivity index (χ0n) is 52.2. The van der Waals surface area contributed by atoms with Crippen molar-refractivity contribution in [2.45, 2.75) is 170 Å². The van der Waals surface area contributed by atoms with Gasteiger partial charge in [0.05, 0.1) is 0 Å². The Balaban J connectivity index is 0.000000325. The van der Waals surface area contributed by atoms with E-state index in [-0.39, 0.29) is 79.8 Å². The van der Waals surface area contributed by atoms with Crippen LogP contribution in [0.4, 0.5) is 0 Å². The maximum atomic E-state index is 12.2. The summed E-state index contributed by atoms with van der Waals surface area (Å²) in [5.74, 6) is 1.43. The molecule has 0 spiro atoms. The molecule has 500 valence electrons. The second kappa shape index (κ2) is 42.1. The van der Waals surface area contributed by atoms with Crippen LogP contribution >= 0.6 is 23.2 Å². The summed E-state index contributed by atoms with van der Waals surface area (Å²) in [4.78, 5) is 56.8. The van der Waals surface area contributed by atoms with Crippen molar-refractivity contribution in [3.63, 3.8) is 0 Å². The second-order valence-corrected chi connectivity index (χ2v) is 32.7. The number of rotatable bonds is 22. The second-order valence-electron chi connectivity index (χ2n) is 22.2. The van der Waals surface area contributed by atoms with Crippen molar-refractivity contribution < 1.29 is 67.7 Å². The van der Waals surface area contributed by atoms with Gasteiger partial charge in [0.1, 0.15) is 11.5 Å². The number of ether oxygens (including phenoxy) is 6. The molecule has 0 unspecified atom stereocenters. The van der Waals surface area contributed by atoms with E-state index in [4.69, 9.17) is 61.8 Å². The number of aromatic hydroxyl groups is 3. The van der Waals surface area contributed by atoms with Gasteiger partial charge in [-0.3, -0.25) is 9.59 Å². The van der Waals surface area contributed by atoms with Crippen LogP contribution in [0.3, 0.4) is 0 Å². The summed E-state index contributed by atoms with van der Waals surface area (Å²) in [6, 6.07) is 45.3. The van der Waals surface area contributed by atoms with E-state index >= 15 is 0 Å². The summed E-state index contributed by atoms with van der Waals surface area (Å²) in [7, 11) is 0. The summed E-state index contributed by atoms with van der Waals surface area (Å²) < 4.78 is 40.7. The molecule has 0 aliphatic heterocycles. The molecule has 6 aromatic rings. The minimum absolute atomic E-state index is 0. The van der Waals surface area contributed by atoms with Crippen molar-refractivity contribution in [2.24, 2.45) is 5.92 Å². The number of halogens is 2. The number of hydrogen-bond acceptors (Lipinski definition) is 14. The maximum absolute atomic E-state index is 12.2. The monoisotopic (exact) mass is 1650 g/mol. The van der Waals surface area contributed by atoms with Crippen LogP contribution in [0.2, 0.25) is 0 Å². The molecule has 3 saturated carbocycles. The molecular weight excluding hydrogens is 1550 g/mol. The summed E-state index contributed by atoms with van der Waals surface area (Å²) in [5, 5.41) is 27.4. The predicted octanol–water partition coefficient (Wildman–Crippen LogP) is 12.1. The Labute approximate surface area is 586 Å². The van der Waals surface area contributed by atoms with Crippen LogP contribution < -0.4 is 35.9 Å². The van der Waals surface area contributed by atoms with Crippen molar-refractivity contribution in [1.29, 1.82) is 0 Å². The van der Waals surface area contributed by atoms with Crippen LogP contribution in [0.15, 0.2) is 158 Å². The third kappa shape index (κ3) is 29.5. The van der Waals surface area contributed by atoms with Crippen molar-refractivity contribution in [3.05, 3.63) is 158 Å². The fraction of sp³-hybridized carbons (Fsp3) is 0.411. The van der Waals surface area contributed by atoms with Gasteiger partial charge in [-0.15, -0.1) is 11.6 Å². The van der Waals surface area contributed by atoms with Gasteiger partial charge >= 0.3 is 463 Å². The van der Waals surface area contributed by atoms with E-state index in [1.54, 1.807) is 69.3 Å². The third-order valence-corrected chi connectivity index (χ3v) is 24.3. The average molecular weight is 1650 g/mol. The molecule has 0 heterocycles. The number of hydrogen-bond donors (Lipinski definition) is 3. The Morgan fingerprint density at radius 1 is 0.457 bits per heavy atom. The molecule has 14 nitrogen and oxygen atoms in total. The van der Waals surface area contributed by atoms with Crippen LogP contribution in [0.25, 0.3) is 0 Å². The molecule has 3 N–H and O–H groups in total. The number of phenols is 3. The molecule has 9 rings (SSSR count). The number of carbonyl (C=O) groups is 5. The number of alkyl halides is 1. The van der Waals surface area contributed by atoms with Crippen LogP contribution in [0.1, 0.15) is 153 Å². The van der Waals surface area contributed by atoms with Gasteiger partial charge in [0.15, 0.2) is 0 Å². The van der Waals surface area contributed by atoms with Gasteiger partial charge in [-0.05, 0) is 43.7 Å². The Morgan fingerprint density at radius 3 is 0.924 bits per heavy atom. The Kier molecular flexibility index (Phi) is 37.0. The summed E-state index contributed by atoms with van der Waals surface area (Å²) in [6.45, 7) is 14.8. The molecule has 0 aromatic heterocycles. The standard InChI is InChI=1S/C25H28O5Te.C21H24O4Te.C12H10O2Te.C9H15ClO2.C4H7ClO.2CH4/c1-4-25(15-5-6-16-25)30-23(26)17-28-19-7-11-21(12-8-19)31-22-13-9-20(10-14-22)29-24(27)18(2)3;1-2-21(13-3-4-14-21)25-20(23)15-24-17-7-11-19(12-8-17)26-18-9-5-16(22)6-10-18;13-9-1-5-11(6-2-9)15-12-7-3-10(14)4-8-12;1-2-9(5-3-4-6-9)12-8(11)7-10;1-3(2)4(5)6;;/h7-14H,2,4-6,15-17H2,1,3H3;5-12,22H,2-4,13-15H2,1H3;1-8,13-14H;2-7H2,1H3;3H,1-2H3;2*1H4. The first kappa shape index (κ1) is 80.8. The Morgan fingerprint density at radius 2 is 0.696 bits per heavy atom. The van der Waals surface area contributed by atoms with Crippen molar-refractivity contribution in [1.82, 2.24) is 0 Å². The van der Waals surface area contributed by atoms with Crippen LogP contribution in [-0.2, 0) is 38.2 Å². The van der Waals surface area contributed by atoms with Gasteiger partial charge in [-0.25, -0.2) is 0 Å². The van der Waals surface area contributed by atoms with Gasteiger partial charge in [0.25, 0.3) is 0 Å². The van der Waals surface area contributed by atoms with Crippen LogP contribution in [0, 0.1) is 5.92 Å². The zero-order chi connectivity index (χ0) is 65.5. The molecule has 3 aliphatic carbocycles. The van der Waals surface area contributed by atoms with Gasteiger partial charge in [-0.2, -0.15) is 0 Å². The van der Waals surface area contributed by atoms with E-state index in [1.165, 1.54) is 34.5 Å². The fourth-order valence-electron chi connectivity index (χ4n) is 9.67. The van der Waals surface area contributed by atoms with Crippen molar-refractivity contribution in [2.75, 3.05) is 19.1 Å². The number of benzene rings is 6. The first-order valence-electron chi connectivity index (χ1n) is 30.3. The molecular formula is C73H92Cl2O14Te3. The minimum atomic E-state index is -0.580. The topological polar surface area (TPSA) is 201 Å². The van der Waals surface area contributed by atoms with Gasteiger partial charge in [-0.1, -0.05) is 35.6 Å². The number of esters is 4. The summed E-state index contributed by atoms with van der Waals surface area (Å²) >= 11 is 8.87. The molecule has 92 heavy (non-hydrogen) atoms.